The fraction of sp³-hybridized carbons (Fsp3) is 0.421. The van der Waals surface area contributed by atoms with Gasteiger partial charge in [-0.1, -0.05) is 30.3 Å². The second kappa shape index (κ2) is 7.36. The van der Waals surface area contributed by atoms with Gasteiger partial charge in [0.05, 0.1) is 19.9 Å². The van der Waals surface area contributed by atoms with Crippen molar-refractivity contribution in [3.8, 4) is 11.6 Å². The molecule has 1 fully saturated rings. The Balaban J connectivity index is 1.63. The van der Waals surface area contributed by atoms with Gasteiger partial charge in [0, 0.05) is 12.2 Å². The number of ether oxygens (including phenoxy) is 2. The summed E-state index contributed by atoms with van der Waals surface area (Å²) in [6.45, 7) is 0. The lowest BCUT2D eigenvalue weighted by atomic mass is 9.82. The van der Waals surface area contributed by atoms with Gasteiger partial charge in [-0.2, -0.15) is 0 Å². The Morgan fingerprint density at radius 3 is 2.35 bits per heavy atom. The average molecular weight is 312 g/mol. The third kappa shape index (κ3) is 3.58. The van der Waals surface area contributed by atoms with Crippen LogP contribution in [0.1, 0.15) is 37.2 Å². The summed E-state index contributed by atoms with van der Waals surface area (Å²) < 4.78 is 10.7. The van der Waals surface area contributed by atoms with E-state index in [1.165, 1.54) is 18.4 Å². The van der Waals surface area contributed by atoms with Crippen molar-refractivity contribution in [1.29, 1.82) is 0 Å². The predicted octanol–water partition coefficient (Wildman–Crippen LogP) is 4.24. The van der Waals surface area contributed by atoms with Gasteiger partial charge in [0.1, 0.15) is 0 Å². The summed E-state index contributed by atoms with van der Waals surface area (Å²) in [4.78, 5) is 4.19. The quantitative estimate of drug-likeness (QED) is 0.897. The molecule has 23 heavy (non-hydrogen) atoms. The maximum Gasteiger partial charge on any atom is 0.258 e. The molecule has 0 amide bonds. The number of anilines is 1. The van der Waals surface area contributed by atoms with Crippen LogP contribution in [0.15, 0.2) is 42.6 Å². The van der Waals surface area contributed by atoms with Crippen LogP contribution in [-0.4, -0.2) is 25.2 Å². The first-order valence-corrected chi connectivity index (χ1v) is 8.20. The number of nitrogens with zero attached hydrogens (tertiary/aromatic N) is 1. The second-order valence-corrected chi connectivity index (χ2v) is 6.00. The Morgan fingerprint density at radius 2 is 1.70 bits per heavy atom. The summed E-state index contributed by atoms with van der Waals surface area (Å²) in [6.07, 6.45) is 6.50. The highest BCUT2D eigenvalue weighted by atomic mass is 16.5. The molecule has 0 atom stereocenters. The third-order valence-electron chi connectivity index (χ3n) is 4.63. The molecule has 1 aromatic carbocycles. The molecule has 1 N–H and O–H groups in total. The van der Waals surface area contributed by atoms with E-state index in [4.69, 9.17) is 9.47 Å². The molecule has 0 radical (unpaired) electrons. The number of aromatic nitrogens is 1. The molecule has 122 valence electrons. The predicted molar refractivity (Wildman–Crippen MR) is 92.4 cm³/mol. The maximum atomic E-state index is 5.45. The van der Waals surface area contributed by atoms with Gasteiger partial charge < -0.3 is 14.8 Å². The van der Waals surface area contributed by atoms with Crippen LogP contribution in [-0.2, 0) is 0 Å². The molecule has 1 heterocycles. The molecule has 0 saturated heterocycles. The summed E-state index contributed by atoms with van der Waals surface area (Å²) in [5, 5.41) is 3.60. The molecule has 4 heteroatoms. The minimum atomic E-state index is 0.468. The van der Waals surface area contributed by atoms with E-state index in [0.717, 1.165) is 18.5 Å². The third-order valence-corrected chi connectivity index (χ3v) is 4.63. The molecule has 0 spiro atoms. The number of benzene rings is 1. The molecule has 0 aliphatic heterocycles. The summed E-state index contributed by atoms with van der Waals surface area (Å²) in [5.41, 5.74) is 2.43. The van der Waals surface area contributed by atoms with Crippen LogP contribution in [0.3, 0.4) is 0 Å². The lowest BCUT2D eigenvalue weighted by Gasteiger charge is -2.30. The standard InChI is InChI=1S/C19H24N2O2/c1-22-18-17(12-13-20-19(18)23-2)21-16-10-8-15(9-11-16)14-6-4-3-5-7-14/h3-7,12-13,15-16H,8-11H2,1-2H3,(H,20,21). The Kier molecular flexibility index (Phi) is 5.01. The SMILES string of the molecule is COc1nccc(NC2CCC(c3ccccc3)CC2)c1OC. The van der Waals surface area contributed by atoms with Crippen molar-refractivity contribution in [3.63, 3.8) is 0 Å². The molecule has 1 aromatic heterocycles. The van der Waals surface area contributed by atoms with Crippen LogP contribution in [0.5, 0.6) is 11.6 Å². The number of methoxy groups -OCH3 is 2. The molecular weight excluding hydrogens is 288 g/mol. The fourth-order valence-corrected chi connectivity index (χ4v) is 3.40. The second-order valence-electron chi connectivity index (χ2n) is 6.00. The van der Waals surface area contributed by atoms with Crippen LogP contribution in [0, 0.1) is 0 Å². The minimum Gasteiger partial charge on any atom is -0.490 e. The number of hydrogen-bond donors (Lipinski definition) is 1. The summed E-state index contributed by atoms with van der Waals surface area (Å²) in [7, 11) is 3.26. The summed E-state index contributed by atoms with van der Waals surface area (Å²) >= 11 is 0. The molecule has 1 saturated carbocycles. The summed E-state index contributed by atoms with van der Waals surface area (Å²) in [5.74, 6) is 1.89. The van der Waals surface area contributed by atoms with Crippen molar-refractivity contribution in [2.45, 2.75) is 37.6 Å². The normalized spacial score (nSPS) is 20.8. The molecule has 1 aliphatic rings. The van der Waals surface area contributed by atoms with E-state index in [-0.39, 0.29) is 0 Å². The van der Waals surface area contributed by atoms with E-state index in [9.17, 15) is 0 Å². The van der Waals surface area contributed by atoms with Gasteiger partial charge in [-0.15, -0.1) is 0 Å². The van der Waals surface area contributed by atoms with Crippen LogP contribution in [0.4, 0.5) is 5.69 Å². The first-order chi connectivity index (χ1) is 11.3. The number of hydrogen-bond acceptors (Lipinski definition) is 4. The van der Waals surface area contributed by atoms with Gasteiger partial charge in [-0.05, 0) is 43.2 Å². The van der Waals surface area contributed by atoms with Gasteiger partial charge in [-0.25, -0.2) is 4.98 Å². The van der Waals surface area contributed by atoms with Crippen molar-refractivity contribution >= 4 is 5.69 Å². The molecular formula is C19H24N2O2. The Labute approximate surface area is 137 Å². The van der Waals surface area contributed by atoms with Gasteiger partial charge in [0.25, 0.3) is 5.88 Å². The van der Waals surface area contributed by atoms with Crippen molar-refractivity contribution in [2.75, 3.05) is 19.5 Å². The first kappa shape index (κ1) is 15.7. The Morgan fingerprint density at radius 1 is 0.957 bits per heavy atom. The van der Waals surface area contributed by atoms with Crippen molar-refractivity contribution in [3.05, 3.63) is 48.2 Å². The molecule has 0 bridgehead atoms. The molecule has 3 rings (SSSR count). The van der Waals surface area contributed by atoms with E-state index >= 15 is 0 Å². The zero-order valence-electron chi connectivity index (χ0n) is 13.8. The average Bonchev–Trinajstić information content (AvgIpc) is 2.63. The van der Waals surface area contributed by atoms with E-state index in [2.05, 4.69) is 40.6 Å². The molecule has 1 aliphatic carbocycles. The van der Waals surface area contributed by atoms with E-state index in [1.54, 1.807) is 20.4 Å². The van der Waals surface area contributed by atoms with Crippen molar-refractivity contribution in [2.24, 2.45) is 0 Å². The van der Waals surface area contributed by atoms with Crippen molar-refractivity contribution in [1.82, 2.24) is 4.98 Å². The monoisotopic (exact) mass is 312 g/mol. The van der Waals surface area contributed by atoms with Gasteiger partial charge in [0.15, 0.2) is 0 Å². The Bertz CT molecular complexity index is 623. The number of rotatable bonds is 5. The largest absolute Gasteiger partial charge is 0.490 e. The number of pyridine rings is 1. The van der Waals surface area contributed by atoms with Gasteiger partial charge in [-0.3, -0.25) is 0 Å². The molecule has 0 unspecified atom stereocenters. The van der Waals surface area contributed by atoms with Crippen LogP contribution < -0.4 is 14.8 Å². The Hall–Kier alpha value is -2.23. The number of nitrogens with one attached hydrogen (secondary N) is 1. The minimum absolute atomic E-state index is 0.468. The van der Waals surface area contributed by atoms with Gasteiger partial charge in [0.2, 0.25) is 5.75 Å². The van der Waals surface area contributed by atoms with Gasteiger partial charge >= 0.3 is 0 Å². The highest BCUT2D eigenvalue weighted by molar-refractivity contribution is 5.61. The fourth-order valence-electron chi connectivity index (χ4n) is 3.40. The highest BCUT2D eigenvalue weighted by Crippen LogP contribution is 2.37. The zero-order valence-corrected chi connectivity index (χ0v) is 13.8. The zero-order chi connectivity index (χ0) is 16.1. The first-order valence-electron chi connectivity index (χ1n) is 8.20. The molecule has 2 aromatic rings. The summed E-state index contributed by atoms with van der Waals surface area (Å²) in [6, 6.07) is 13.3. The highest BCUT2D eigenvalue weighted by Gasteiger charge is 2.23. The van der Waals surface area contributed by atoms with E-state index in [1.807, 2.05) is 6.07 Å². The lowest BCUT2D eigenvalue weighted by molar-refractivity contribution is 0.343. The van der Waals surface area contributed by atoms with E-state index < -0.39 is 0 Å². The van der Waals surface area contributed by atoms with Crippen LogP contribution >= 0.6 is 0 Å². The molecule has 4 nitrogen and oxygen atoms in total. The van der Waals surface area contributed by atoms with Crippen molar-refractivity contribution < 1.29 is 9.47 Å². The lowest BCUT2D eigenvalue weighted by Crippen LogP contribution is -2.25. The van der Waals surface area contributed by atoms with Crippen LogP contribution in [0.2, 0.25) is 0 Å². The smallest absolute Gasteiger partial charge is 0.258 e. The van der Waals surface area contributed by atoms with Crippen LogP contribution in [0.25, 0.3) is 0 Å². The topological polar surface area (TPSA) is 43.4 Å². The van der Waals surface area contributed by atoms with E-state index in [0.29, 0.717) is 23.6 Å². The maximum absolute atomic E-state index is 5.45.